The van der Waals surface area contributed by atoms with Gasteiger partial charge in [-0.3, -0.25) is 24.2 Å². The van der Waals surface area contributed by atoms with E-state index in [-0.39, 0.29) is 11.1 Å². The van der Waals surface area contributed by atoms with Crippen molar-refractivity contribution in [3.63, 3.8) is 0 Å². The molecule has 1 saturated heterocycles. The molecule has 0 radical (unpaired) electrons. The molecule has 0 amide bonds. The van der Waals surface area contributed by atoms with Crippen LogP contribution in [0, 0.1) is 11.3 Å². The molecule has 3 aliphatic rings. The van der Waals surface area contributed by atoms with Crippen LogP contribution in [0.15, 0.2) is 47.5 Å². The van der Waals surface area contributed by atoms with Crippen molar-refractivity contribution in [3.05, 3.63) is 54.2 Å². The normalized spacial score (nSPS) is 33.6. The lowest BCUT2D eigenvalue weighted by atomic mass is 9.45. The molecule has 270 valence electrons. The van der Waals surface area contributed by atoms with Crippen LogP contribution in [0.5, 0.6) is 0 Å². The van der Waals surface area contributed by atoms with Crippen molar-refractivity contribution in [3.8, 4) is 0 Å². The highest BCUT2D eigenvalue weighted by molar-refractivity contribution is 5.90. The van der Waals surface area contributed by atoms with E-state index >= 15 is 0 Å². The third-order valence-electron chi connectivity index (χ3n) is 9.60. The third-order valence-corrected chi connectivity index (χ3v) is 9.60. The number of carbonyl (C=O) groups is 6. The van der Waals surface area contributed by atoms with Crippen molar-refractivity contribution in [2.45, 2.75) is 102 Å². The highest BCUT2D eigenvalue weighted by Crippen LogP contribution is 2.69. The van der Waals surface area contributed by atoms with E-state index in [9.17, 15) is 33.9 Å². The Morgan fingerprint density at radius 1 is 0.820 bits per heavy atom. The maximum Gasteiger partial charge on any atom is 0.341 e. The number of furan rings is 1. The Kier molecular flexibility index (Phi) is 9.57. The van der Waals surface area contributed by atoms with Crippen LogP contribution in [0.4, 0.5) is 0 Å². The average molecular weight is 702 g/mol. The number of esters is 6. The van der Waals surface area contributed by atoms with E-state index in [0.29, 0.717) is 0 Å². The lowest BCUT2D eigenvalue weighted by Crippen LogP contribution is -2.85. The molecule has 2 bridgehead atoms. The summed E-state index contributed by atoms with van der Waals surface area (Å²) in [5.74, 6) is -6.64. The Labute approximate surface area is 286 Å². The maximum absolute atomic E-state index is 13.9. The van der Waals surface area contributed by atoms with Crippen LogP contribution in [0.2, 0.25) is 0 Å². The molecule has 16 nitrogen and oxygen atoms in total. The van der Waals surface area contributed by atoms with Gasteiger partial charge in [0.15, 0.2) is 17.8 Å². The van der Waals surface area contributed by atoms with Crippen molar-refractivity contribution < 1.29 is 71.4 Å². The Morgan fingerprint density at radius 2 is 1.46 bits per heavy atom. The van der Waals surface area contributed by atoms with Gasteiger partial charge >= 0.3 is 35.8 Å². The van der Waals surface area contributed by atoms with Gasteiger partial charge in [0, 0.05) is 46.5 Å². The van der Waals surface area contributed by atoms with Crippen LogP contribution in [0.25, 0.3) is 0 Å². The molecule has 0 unspecified atom stereocenters. The monoisotopic (exact) mass is 701 g/mol. The van der Waals surface area contributed by atoms with Crippen LogP contribution >= 0.6 is 0 Å². The number of hydrogen-bond donors (Lipinski definition) is 1. The quantitative estimate of drug-likeness (QED) is 0.293. The molecule has 1 spiro atoms. The second-order valence-corrected chi connectivity index (χ2v) is 13.4. The van der Waals surface area contributed by atoms with Gasteiger partial charge in [0.2, 0.25) is 0 Å². The number of nitrogens with zero attached hydrogens (tertiary/aromatic N) is 1. The Hall–Kier alpha value is -4.83. The fourth-order valence-electron chi connectivity index (χ4n) is 8.10. The van der Waals surface area contributed by atoms with Gasteiger partial charge in [-0.2, -0.15) is 0 Å². The van der Waals surface area contributed by atoms with Gasteiger partial charge in [0.05, 0.1) is 34.5 Å². The standard InChI is InChI=1S/C34H39NO15/c1-17(36)44-16-33-26(46-19(3)38)23(45-18(2)37)13-32(7,42)34(33)27(47-20(4)39)24(31(5,6)50-34)25(48-29(40)21-9-8-11-35-14-21)28(33)49-30(41)22-10-12-43-15-22/h8-12,14-15,23-28,42H,13,16H2,1-7H3/t23-,24+,25+,26-,27+,28+,32-,33-,34-/m0/s1. The van der Waals surface area contributed by atoms with E-state index in [2.05, 4.69) is 4.98 Å². The summed E-state index contributed by atoms with van der Waals surface area (Å²) in [5, 5.41) is 12.6. The number of hydrogen-bond acceptors (Lipinski definition) is 16. The smallest absolute Gasteiger partial charge is 0.341 e. The van der Waals surface area contributed by atoms with E-state index in [1.165, 1.54) is 43.8 Å². The minimum absolute atomic E-state index is 0.0102. The lowest BCUT2D eigenvalue weighted by Gasteiger charge is -2.66. The molecule has 3 fully saturated rings. The third kappa shape index (κ3) is 5.99. The van der Waals surface area contributed by atoms with Gasteiger partial charge in [-0.1, -0.05) is 0 Å². The van der Waals surface area contributed by atoms with Crippen molar-refractivity contribution in [1.82, 2.24) is 4.98 Å². The van der Waals surface area contributed by atoms with Crippen molar-refractivity contribution in [1.29, 1.82) is 0 Å². The predicted octanol–water partition coefficient (Wildman–Crippen LogP) is 2.10. The van der Waals surface area contributed by atoms with Crippen LogP contribution < -0.4 is 0 Å². The summed E-state index contributed by atoms with van der Waals surface area (Å²) in [5.41, 5.74) is -8.40. The van der Waals surface area contributed by atoms with E-state index in [1.54, 1.807) is 13.8 Å². The summed E-state index contributed by atoms with van der Waals surface area (Å²) in [6.45, 7) is 7.97. The van der Waals surface area contributed by atoms with Gasteiger partial charge in [-0.15, -0.1) is 0 Å². The molecular weight excluding hydrogens is 662 g/mol. The first-order valence-corrected chi connectivity index (χ1v) is 15.8. The zero-order chi connectivity index (χ0) is 36.8. The lowest BCUT2D eigenvalue weighted by molar-refractivity contribution is -0.362. The molecule has 16 heteroatoms. The number of pyridine rings is 1. The molecule has 9 atom stereocenters. The Balaban J connectivity index is 1.90. The molecule has 0 aromatic carbocycles. The van der Waals surface area contributed by atoms with E-state index in [1.807, 2.05) is 0 Å². The molecule has 50 heavy (non-hydrogen) atoms. The predicted molar refractivity (Wildman–Crippen MR) is 164 cm³/mol. The van der Waals surface area contributed by atoms with Gasteiger partial charge in [0.25, 0.3) is 0 Å². The van der Waals surface area contributed by atoms with E-state index < -0.39 is 107 Å². The molecule has 5 rings (SSSR count). The molecule has 2 aliphatic carbocycles. The minimum atomic E-state index is -2.34. The summed E-state index contributed by atoms with van der Waals surface area (Å²) in [6, 6.07) is 4.21. The topological polar surface area (TPSA) is 213 Å². The number of carbonyl (C=O) groups excluding carboxylic acids is 6. The van der Waals surface area contributed by atoms with Crippen LogP contribution in [-0.4, -0.2) is 99.8 Å². The largest absolute Gasteiger partial charge is 0.472 e. The minimum Gasteiger partial charge on any atom is -0.472 e. The number of aliphatic hydroxyl groups is 1. The van der Waals surface area contributed by atoms with E-state index in [0.717, 1.165) is 34.0 Å². The SMILES string of the molecule is CC(=O)OC[C@]12[C@H](OC(=O)c3ccoc3)[C@H](OC(=O)c3cccnc3)[C@@H]3[C@@H](OC(C)=O)[C@]1(OC3(C)C)[C@@](C)(O)C[C@H](OC(C)=O)[C@@H]2OC(C)=O. The molecule has 2 saturated carbocycles. The number of rotatable bonds is 9. The molecule has 3 heterocycles. The first-order chi connectivity index (χ1) is 23.4. The van der Waals surface area contributed by atoms with Crippen molar-refractivity contribution in [2.75, 3.05) is 6.61 Å². The number of aromatic nitrogens is 1. The summed E-state index contributed by atoms with van der Waals surface area (Å²) in [7, 11) is 0. The number of fused-ring (bicyclic) bond motifs is 1. The summed E-state index contributed by atoms with van der Waals surface area (Å²) in [6.07, 6.45) is -3.77. The van der Waals surface area contributed by atoms with Crippen LogP contribution in [0.1, 0.15) is 75.6 Å². The zero-order valence-corrected chi connectivity index (χ0v) is 28.5. The second kappa shape index (κ2) is 13.1. The van der Waals surface area contributed by atoms with Crippen LogP contribution in [-0.2, 0) is 52.3 Å². The Morgan fingerprint density at radius 3 is 2.02 bits per heavy atom. The zero-order valence-electron chi connectivity index (χ0n) is 28.5. The molecular formula is C34H39NO15. The maximum atomic E-state index is 13.9. The molecule has 2 aromatic heterocycles. The summed E-state index contributed by atoms with van der Waals surface area (Å²) < 4.78 is 47.5. The van der Waals surface area contributed by atoms with Gasteiger partial charge in [-0.25, -0.2) is 9.59 Å². The van der Waals surface area contributed by atoms with Gasteiger partial charge in [0.1, 0.15) is 36.6 Å². The Bertz CT molecular complexity index is 1650. The number of ether oxygens (including phenoxy) is 7. The summed E-state index contributed by atoms with van der Waals surface area (Å²) >= 11 is 0. The average Bonchev–Trinajstić information content (AvgIpc) is 3.61. The molecule has 1 aliphatic heterocycles. The van der Waals surface area contributed by atoms with Gasteiger partial charge in [-0.05, 0) is 39.0 Å². The highest BCUT2D eigenvalue weighted by atomic mass is 16.7. The van der Waals surface area contributed by atoms with E-state index in [4.69, 9.17) is 37.6 Å². The van der Waals surface area contributed by atoms with Gasteiger partial charge < -0.3 is 42.7 Å². The second-order valence-electron chi connectivity index (χ2n) is 13.4. The summed E-state index contributed by atoms with van der Waals surface area (Å²) in [4.78, 5) is 82.8. The molecule has 2 aromatic rings. The first kappa shape index (κ1) is 36.5. The molecule has 1 N–H and O–H groups in total. The highest BCUT2D eigenvalue weighted by Gasteiger charge is 2.89. The fraction of sp³-hybridized carbons (Fsp3) is 0.559. The fourth-order valence-corrected chi connectivity index (χ4v) is 8.10. The van der Waals surface area contributed by atoms with Crippen molar-refractivity contribution >= 4 is 35.8 Å². The van der Waals surface area contributed by atoms with Crippen LogP contribution in [0.3, 0.4) is 0 Å². The first-order valence-electron chi connectivity index (χ1n) is 15.8. The van der Waals surface area contributed by atoms with Crippen molar-refractivity contribution in [2.24, 2.45) is 11.3 Å².